The number of nitrogens with zero attached hydrogens (tertiary/aromatic N) is 2. The first-order chi connectivity index (χ1) is 14.1. The van der Waals surface area contributed by atoms with E-state index in [0.29, 0.717) is 17.1 Å². The fraction of sp³-hybridized carbons (Fsp3) is 0. The second-order valence-corrected chi connectivity index (χ2v) is 6.32. The number of benzene rings is 3. The Kier molecular flexibility index (Phi) is 4.86. The third-order valence-corrected chi connectivity index (χ3v) is 4.36. The Morgan fingerprint density at radius 1 is 1.00 bits per heavy atom. The number of amides is 1. The number of aromatic nitrogens is 2. The summed E-state index contributed by atoms with van der Waals surface area (Å²) in [5.74, 6) is 0.355. The number of nitro benzene ring substituents is 1. The Hall–Kier alpha value is -4.26. The first kappa shape index (κ1) is 18.1. The third kappa shape index (κ3) is 4.03. The minimum Gasteiger partial charge on any atom is -0.338 e. The molecule has 0 spiro atoms. The zero-order valence-corrected chi connectivity index (χ0v) is 15.2. The van der Waals surface area contributed by atoms with E-state index in [-0.39, 0.29) is 11.6 Å². The molecule has 1 aromatic heterocycles. The fourth-order valence-corrected chi connectivity index (χ4v) is 2.93. The Morgan fingerprint density at radius 2 is 1.72 bits per heavy atom. The number of rotatable bonds is 5. The number of carbonyl (C=O) groups excluding carboxylic acids is 1. The molecule has 0 unspecified atom stereocenters. The summed E-state index contributed by atoms with van der Waals surface area (Å²) in [4.78, 5) is 30.5. The van der Waals surface area contributed by atoms with Crippen molar-refractivity contribution in [1.29, 1.82) is 0 Å². The molecular formula is C22H16N4O3. The van der Waals surface area contributed by atoms with Crippen molar-refractivity contribution in [2.75, 3.05) is 5.32 Å². The van der Waals surface area contributed by atoms with E-state index in [4.69, 9.17) is 0 Å². The molecule has 29 heavy (non-hydrogen) atoms. The minimum atomic E-state index is -0.463. The quantitative estimate of drug-likeness (QED) is 0.293. The van der Waals surface area contributed by atoms with E-state index >= 15 is 0 Å². The number of carbonyl (C=O) groups is 1. The molecule has 2 N–H and O–H groups in total. The maximum atomic E-state index is 12.4. The molecule has 0 aliphatic carbocycles. The van der Waals surface area contributed by atoms with Crippen LogP contribution >= 0.6 is 0 Å². The van der Waals surface area contributed by atoms with Gasteiger partial charge in [0.15, 0.2) is 0 Å². The van der Waals surface area contributed by atoms with Gasteiger partial charge >= 0.3 is 0 Å². The average Bonchev–Trinajstić information content (AvgIpc) is 3.17. The normalized spacial score (nSPS) is 11.0. The molecule has 0 saturated heterocycles. The van der Waals surface area contributed by atoms with E-state index in [1.54, 1.807) is 24.3 Å². The van der Waals surface area contributed by atoms with Crippen molar-refractivity contribution in [1.82, 2.24) is 9.97 Å². The molecule has 3 aromatic carbocycles. The topological polar surface area (TPSA) is 101 Å². The van der Waals surface area contributed by atoms with Crippen LogP contribution in [0.1, 0.15) is 5.56 Å². The van der Waals surface area contributed by atoms with Gasteiger partial charge in [-0.05, 0) is 48.0 Å². The molecular weight excluding hydrogens is 368 g/mol. The third-order valence-electron chi connectivity index (χ3n) is 4.36. The number of nitrogens with one attached hydrogen (secondary N) is 2. The zero-order chi connectivity index (χ0) is 20.2. The first-order valence-electron chi connectivity index (χ1n) is 8.88. The Bertz CT molecular complexity index is 1190. The molecule has 0 saturated carbocycles. The lowest BCUT2D eigenvalue weighted by Gasteiger charge is -2.07. The summed E-state index contributed by atoms with van der Waals surface area (Å²) in [6, 6.07) is 21.1. The van der Waals surface area contributed by atoms with Crippen LogP contribution in [-0.4, -0.2) is 20.8 Å². The van der Waals surface area contributed by atoms with Gasteiger partial charge in [0.05, 0.1) is 21.6 Å². The zero-order valence-electron chi connectivity index (χ0n) is 15.2. The number of hydrogen-bond acceptors (Lipinski definition) is 4. The van der Waals surface area contributed by atoms with Gasteiger partial charge in [0.1, 0.15) is 5.82 Å². The van der Waals surface area contributed by atoms with Crippen LogP contribution in [0.5, 0.6) is 0 Å². The maximum absolute atomic E-state index is 12.4. The maximum Gasteiger partial charge on any atom is 0.269 e. The Balaban J connectivity index is 1.53. The van der Waals surface area contributed by atoms with Crippen LogP contribution in [0, 0.1) is 10.1 Å². The number of non-ortho nitro benzene ring substituents is 1. The van der Waals surface area contributed by atoms with Crippen LogP contribution < -0.4 is 5.32 Å². The smallest absolute Gasteiger partial charge is 0.269 e. The highest BCUT2D eigenvalue weighted by atomic mass is 16.6. The number of anilines is 1. The van der Waals surface area contributed by atoms with Crippen molar-refractivity contribution in [2.45, 2.75) is 0 Å². The predicted molar refractivity (Wildman–Crippen MR) is 112 cm³/mol. The monoisotopic (exact) mass is 384 g/mol. The van der Waals surface area contributed by atoms with Crippen molar-refractivity contribution in [3.63, 3.8) is 0 Å². The highest BCUT2D eigenvalue weighted by Crippen LogP contribution is 2.27. The van der Waals surface area contributed by atoms with Crippen molar-refractivity contribution >= 4 is 34.4 Å². The van der Waals surface area contributed by atoms with Crippen molar-refractivity contribution < 1.29 is 9.72 Å². The van der Waals surface area contributed by atoms with Gasteiger partial charge in [-0.2, -0.15) is 0 Å². The molecule has 0 aliphatic rings. The van der Waals surface area contributed by atoms with E-state index in [9.17, 15) is 14.9 Å². The summed E-state index contributed by atoms with van der Waals surface area (Å²) in [6.07, 6.45) is 2.99. The van der Waals surface area contributed by atoms with Crippen LogP contribution in [0.25, 0.3) is 28.5 Å². The van der Waals surface area contributed by atoms with Crippen molar-refractivity contribution in [3.05, 3.63) is 94.6 Å². The molecule has 1 amide bonds. The molecule has 142 valence electrons. The summed E-state index contributed by atoms with van der Waals surface area (Å²) in [7, 11) is 0. The molecule has 4 aromatic rings. The molecule has 0 fully saturated rings. The fourth-order valence-electron chi connectivity index (χ4n) is 2.93. The number of para-hydroxylation sites is 3. The van der Waals surface area contributed by atoms with E-state index < -0.39 is 4.92 Å². The van der Waals surface area contributed by atoms with E-state index in [1.165, 1.54) is 18.2 Å². The second-order valence-electron chi connectivity index (χ2n) is 6.32. The van der Waals surface area contributed by atoms with Gasteiger partial charge in [-0.1, -0.05) is 24.3 Å². The molecule has 0 atom stereocenters. The summed E-state index contributed by atoms with van der Waals surface area (Å²) in [6.45, 7) is 0. The number of aromatic amines is 1. The van der Waals surface area contributed by atoms with E-state index in [2.05, 4.69) is 15.3 Å². The molecule has 7 heteroatoms. The van der Waals surface area contributed by atoms with Crippen LogP contribution in [-0.2, 0) is 4.79 Å². The first-order valence-corrected chi connectivity index (χ1v) is 8.88. The number of fused-ring (bicyclic) bond motifs is 1. The standard InChI is InChI=1S/C22H16N4O3/c27-21(14-11-15-9-12-16(13-10-15)26(28)29)23-18-6-2-1-5-17(18)22-24-19-7-3-4-8-20(19)25-22/h1-14H,(H,23,27)(H,24,25). The molecule has 0 radical (unpaired) electrons. The van der Waals surface area contributed by atoms with E-state index in [0.717, 1.165) is 16.6 Å². The minimum absolute atomic E-state index is 0.00589. The van der Waals surface area contributed by atoms with Gasteiger partial charge in [-0.3, -0.25) is 14.9 Å². The molecule has 0 bridgehead atoms. The Morgan fingerprint density at radius 3 is 2.48 bits per heavy atom. The average molecular weight is 384 g/mol. The molecule has 4 rings (SSSR count). The van der Waals surface area contributed by atoms with Gasteiger partial charge in [-0.15, -0.1) is 0 Å². The molecule has 1 heterocycles. The molecule has 0 aliphatic heterocycles. The van der Waals surface area contributed by atoms with Gasteiger partial charge in [0.25, 0.3) is 5.69 Å². The summed E-state index contributed by atoms with van der Waals surface area (Å²) >= 11 is 0. The van der Waals surface area contributed by atoms with Crippen LogP contribution in [0.3, 0.4) is 0 Å². The van der Waals surface area contributed by atoms with Gasteiger partial charge in [-0.25, -0.2) is 4.98 Å². The predicted octanol–water partition coefficient (Wildman–Crippen LogP) is 4.79. The number of hydrogen-bond donors (Lipinski definition) is 2. The SMILES string of the molecule is O=C(C=Cc1ccc([N+](=O)[O-])cc1)Nc1ccccc1-c1nc2ccccc2[nH]1. The lowest BCUT2D eigenvalue weighted by atomic mass is 10.1. The van der Waals surface area contributed by atoms with Crippen molar-refractivity contribution in [3.8, 4) is 11.4 Å². The summed E-state index contributed by atoms with van der Waals surface area (Å²) in [5, 5.41) is 13.6. The second kappa shape index (κ2) is 7.77. The largest absolute Gasteiger partial charge is 0.338 e. The van der Waals surface area contributed by atoms with Gasteiger partial charge < -0.3 is 10.3 Å². The number of imidazole rings is 1. The van der Waals surface area contributed by atoms with Crippen LogP contribution in [0.4, 0.5) is 11.4 Å². The van der Waals surface area contributed by atoms with Crippen LogP contribution in [0.2, 0.25) is 0 Å². The summed E-state index contributed by atoms with van der Waals surface area (Å²) < 4.78 is 0. The lowest BCUT2D eigenvalue weighted by molar-refractivity contribution is -0.384. The lowest BCUT2D eigenvalue weighted by Crippen LogP contribution is -2.08. The van der Waals surface area contributed by atoms with Crippen LogP contribution in [0.15, 0.2) is 78.9 Å². The van der Waals surface area contributed by atoms with Crippen molar-refractivity contribution in [2.24, 2.45) is 0 Å². The van der Waals surface area contributed by atoms with Gasteiger partial charge in [0, 0.05) is 23.8 Å². The highest BCUT2D eigenvalue weighted by Gasteiger charge is 2.11. The van der Waals surface area contributed by atoms with Gasteiger partial charge in [0.2, 0.25) is 5.91 Å². The highest BCUT2D eigenvalue weighted by molar-refractivity contribution is 6.04. The van der Waals surface area contributed by atoms with E-state index in [1.807, 2.05) is 42.5 Å². The number of H-pyrrole nitrogens is 1. The molecule has 7 nitrogen and oxygen atoms in total. The Labute approximate surface area is 165 Å². The summed E-state index contributed by atoms with van der Waals surface area (Å²) in [5.41, 5.74) is 3.87. The number of nitro groups is 1.